The van der Waals surface area contributed by atoms with E-state index in [1.165, 1.54) is 0 Å². The molecular weight excluding hydrogens is 314 g/mol. The van der Waals surface area contributed by atoms with Gasteiger partial charge < -0.3 is 14.0 Å². The minimum Gasteiger partial charge on any atom is -0.490 e. The number of halogens is 1. The van der Waals surface area contributed by atoms with Gasteiger partial charge in [0.05, 0.1) is 0 Å². The summed E-state index contributed by atoms with van der Waals surface area (Å²) in [5.41, 5.74) is 0.951. The van der Waals surface area contributed by atoms with Gasteiger partial charge in [-0.05, 0) is 36.4 Å². The highest BCUT2D eigenvalue weighted by Crippen LogP contribution is 2.20. The van der Waals surface area contributed by atoms with E-state index in [0.717, 1.165) is 16.7 Å². The zero-order chi connectivity index (χ0) is 16.1. The maximum atomic E-state index is 11.9. The van der Waals surface area contributed by atoms with Crippen molar-refractivity contribution in [3.8, 4) is 5.75 Å². The highest BCUT2D eigenvalue weighted by atomic mass is 35.5. The largest absolute Gasteiger partial charge is 0.490 e. The lowest BCUT2D eigenvalue weighted by Crippen LogP contribution is -2.16. The Labute approximate surface area is 139 Å². The smallest absolute Gasteiger partial charge is 0.326 e. The van der Waals surface area contributed by atoms with Crippen LogP contribution in [0, 0.1) is 0 Å². The first-order valence-corrected chi connectivity index (χ1v) is 7.68. The predicted octanol–water partition coefficient (Wildman–Crippen LogP) is 3.92. The van der Waals surface area contributed by atoms with Gasteiger partial charge in [0, 0.05) is 22.1 Å². The summed E-state index contributed by atoms with van der Waals surface area (Å²) in [7, 11) is 0. The first kappa shape index (κ1) is 15.4. The van der Waals surface area contributed by atoms with E-state index in [0.29, 0.717) is 11.6 Å². The number of ether oxygens (including phenoxy) is 2. The van der Waals surface area contributed by atoms with Gasteiger partial charge in [0.25, 0.3) is 0 Å². The van der Waals surface area contributed by atoms with E-state index < -0.39 is 0 Å². The molecule has 1 aromatic heterocycles. The molecule has 0 aliphatic heterocycles. The minimum absolute atomic E-state index is 0.163. The fourth-order valence-electron chi connectivity index (χ4n) is 2.33. The van der Waals surface area contributed by atoms with Gasteiger partial charge in [-0.2, -0.15) is 0 Å². The number of fused-ring (bicyclic) bond motifs is 1. The summed E-state index contributed by atoms with van der Waals surface area (Å²) in [4.78, 5) is 11.9. The van der Waals surface area contributed by atoms with E-state index in [4.69, 9.17) is 21.1 Å². The normalized spacial score (nSPS) is 10.7. The summed E-state index contributed by atoms with van der Waals surface area (Å²) in [6.45, 7) is 0.715. The van der Waals surface area contributed by atoms with Gasteiger partial charge in [0.1, 0.15) is 25.5 Å². The second-order valence-corrected chi connectivity index (χ2v) is 5.47. The predicted molar refractivity (Wildman–Crippen MR) is 89.8 cm³/mol. The van der Waals surface area contributed by atoms with Gasteiger partial charge >= 0.3 is 5.97 Å². The van der Waals surface area contributed by atoms with Crippen molar-refractivity contribution < 1.29 is 14.3 Å². The molecular formula is C18H16ClNO3. The van der Waals surface area contributed by atoms with Crippen molar-refractivity contribution in [1.29, 1.82) is 0 Å². The van der Waals surface area contributed by atoms with Gasteiger partial charge in [-0.15, -0.1) is 0 Å². The quantitative estimate of drug-likeness (QED) is 0.508. The molecule has 0 unspecified atom stereocenters. The second-order valence-electron chi connectivity index (χ2n) is 5.03. The molecule has 118 valence electrons. The van der Waals surface area contributed by atoms with Gasteiger partial charge in [0.15, 0.2) is 0 Å². The minimum atomic E-state index is -0.297. The molecule has 0 amide bonds. The molecule has 0 spiro atoms. The third-order valence-corrected chi connectivity index (χ3v) is 3.63. The first-order chi connectivity index (χ1) is 11.2. The SMILES string of the molecule is O=C(Cn1ccc2cc(Cl)ccc21)OCCOc1ccccc1. The van der Waals surface area contributed by atoms with Crippen LogP contribution in [0.3, 0.4) is 0 Å². The molecule has 1 heterocycles. The Kier molecular flexibility index (Phi) is 4.83. The van der Waals surface area contributed by atoms with Crippen molar-refractivity contribution in [3.63, 3.8) is 0 Å². The Morgan fingerprint density at radius 2 is 1.87 bits per heavy atom. The zero-order valence-electron chi connectivity index (χ0n) is 12.4. The van der Waals surface area contributed by atoms with Crippen molar-refractivity contribution in [2.24, 2.45) is 0 Å². The third-order valence-electron chi connectivity index (χ3n) is 3.39. The van der Waals surface area contributed by atoms with E-state index >= 15 is 0 Å². The van der Waals surface area contributed by atoms with Crippen LogP contribution in [0.5, 0.6) is 5.75 Å². The number of rotatable bonds is 6. The third kappa shape index (κ3) is 4.05. The molecule has 3 aromatic rings. The molecule has 4 nitrogen and oxygen atoms in total. The van der Waals surface area contributed by atoms with Crippen LogP contribution in [0.4, 0.5) is 0 Å². The highest BCUT2D eigenvalue weighted by Gasteiger charge is 2.07. The summed E-state index contributed by atoms with van der Waals surface area (Å²) in [5, 5.41) is 1.67. The van der Waals surface area contributed by atoms with Crippen LogP contribution in [0.25, 0.3) is 10.9 Å². The van der Waals surface area contributed by atoms with E-state index in [1.807, 2.05) is 59.3 Å². The fourth-order valence-corrected chi connectivity index (χ4v) is 2.51. The molecule has 0 radical (unpaired) electrons. The van der Waals surface area contributed by atoms with E-state index in [-0.39, 0.29) is 19.1 Å². The van der Waals surface area contributed by atoms with Crippen molar-refractivity contribution in [1.82, 2.24) is 4.57 Å². The van der Waals surface area contributed by atoms with Crippen LogP contribution in [-0.4, -0.2) is 23.8 Å². The number of esters is 1. The van der Waals surface area contributed by atoms with E-state index in [2.05, 4.69) is 0 Å². The molecule has 5 heteroatoms. The lowest BCUT2D eigenvalue weighted by atomic mass is 10.2. The maximum absolute atomic E-state index is 11.9. The number of hydrogen-bond donors (Lipinski definition) is 0. The average Bonchev–Trinajstić information content (AvgIpc) is 2.94. The molecule has 23 heavy (non-hydrogen) atoms. The molecule has 0 aliphatic rings. The van der Waals surface area contributed by atoms with E-state index in [1.54, 1.807) is 6.07 Å². The monoisotopic (exact) mass is 329 g/mol. The van der Waals surface area contributed by atoms with Crippen LogP contribution < -0.4 is 4.74 Å². The molecule has 2 aromatic carbocycles. The van der Waals surface area contributed by atoms with E-state index in [9.17, 15) is 4.79 Å². The number of para-hydroxylation sites is 1. The maximum Gasteiger partial charge on any atom is 0.326 e. The Morgan fingerprint density at radius 3 is 2.70 bits per heavy atom. The molecule has 0 N–H and O–H groups in total. The molecule has 0 saturated carbocycles. The number of carbonyl (C=O) groups excluding carboxylic acids is 1. The van der Waals surface area contributed by atoms with Crippen molar-refractivity contribution in [2.45, 2.75) is 6.54 Å². The van der Waals surface area contributed by atoms with Crippen molar-refractivity contribution >= 4 is 28.5 Å². The van der Waals surface area contributed by atoms with Crippen LogP contribution >= 0.6 is 11.6 Å². The lowest BCUT2D eigenvalue weighted by molar-refractivity contribution is -0.145. The second kappa shape index (κ2) is 7.20. The number of carbonyl (C=O) groups is 1. The van der Waals surface area contributed by atoms with Crippen molar-refractivity contribution in [3.05, 3.63) is 65.8 Å². The van der Waals surface area contributed by atoms with Gasteiger partial charge in [-0.3, -0.25) is 4.79 Å². The first-order valence-electron chi connectivity index (χ1n) is 7.30. The topological polar surface area (TPSA) is 40.5 Å². The molecule has 0 bridgehead atoms. The average molecular weight is 330 g/mol. The standard InChI is InChI=1S/C18H16ClNO3/c19-15-6-7-17-14(12-15)8-9-20(17)13-18(21)23-11-10-22-16-4-2-1-3-5-16/h1-9,12H,10-11,13H2. The number of hydrogen-bond acceptors (Lipinski definition) is 3. The molecule has 3 rings (SSSR count). The summed E-state index contributed by atoms with van der Waals surface area (Å²) in [6.07, 6.45) is 1.85. The summed E-state index contributed by atoms with van der Waals surface area (Å²) >= 11 is 5.95. The Hall–Kier alpha value is -2.46. The zero-order valence-corrected chi connectivity index (χ0v) is 13.2. The van der Waals surface area contributed by atoms with Crippen LogP contribution in [0.15, 0.2) is 60.8 Å². The van der Waals surface area contributed by atoms with Gasteiger partial charge in [0.2, 0.25) is 0 Å². The Balaban J connectivity index is 1.49. The van der Waals surface area contributed by atoms with Crippen LogP contribution in [0.1, 0.15) is 0 Å². The molecule has 0 fully saturated rings. The Morgan fingerprint density at radius 1 is 1.04 bits per heavy atom. The fraction of sp³-hybridized carbons (Fsp3) is 0.167. The van der Waals surface area contributed by atoms with Crippen LogP contribution in [-0.2, 0) is 16.1 Å². The highest BCUT2D eigenvalue weighted by molar-refractivity contribution is 6.31. The molecule has 0 atom stereocenters. The summed E-state index contributed by atoms with van der Waals surface area (Å²) < 4.78 is 12.5. The van der Waals surface area contributed by atoms with Crippen LogP contribution in [0.2, 0.25) is 5.02 Å². The summed E-state index contributed by atoms with van der Waals surface area (Å²) in [5.74, 6) is 0.464. The number of aromatic nitrogens is 1. The summed E-state index contributed by atoms with van der Waals surface area (Å²) in [6, 6.07) is 16.9. The van der Waals surface area contributed by atoms with Gasteiger partial charge in [-0.25, -0.2) is 0 Å². The molecule has 0 aliphatic carbocycles. The lowest BCUT2D eigenvalue weighted by Gasteiger charge is -2.08. The number of nitrogens with zero attached hydrogens (tertiary/aromatic N) is 1. The molecule has 0 saturated heterocycles. The number of benzene rings is 2. The Bertz CT molecular complexity index is 798. The van der Waals surface area contributed by atoms with Gasteiger partial charge in [-0.1, -0.05) is 29.8 Å². The van der Waals surface area contributed by atoms with Crippen molar-refractivity contribution in [2.75, 3.05) is 13.2 Å².